The first kappa shape index (κ1) is 13.8. The summed E-state index contributed by atoms with van der Waals surface area (Å²) in [5.74, 6) is 0.284. The van der Waals surface area contributed by atoms with E-state index in [1.807, 2.05) is 0 Å². The molecule has 2 aliphatic rings. The molecule has 0 saturated carbocycles. The van der Waals surface area contributed by atoms with Gasteiger partial charge >= 0.3 is 0 Å². The van der Waals surface area contributed by atoms with Crippen molar-refractivity contribution in [1.29, 1.82) is 0 Å². The van der Waals surface area contributed by atoms with Crippen molar-refractivity contribution in [3.8, 4) is 0 Å². The van der Waals surface area contributed by atoms with Gasteiger partial charge in [0.05, 0.1) is 6.04 Å². The summed E-state index contributed by atoms with van der Waals surface area (Å²) in [6.07, 6.45) is 4.38. The van der Waals surface area contributed by atoms with Crippen molar-refractivity contribution in [2.75, 3.05) is 39.4 Å². The molecule has 2 saturated heterocycles. The maximum Gasteiger partial charge on any atom is 0.237 e. The van der Waals surface area contributed by atoms with Gasteiger partial charge in [0.15, 0.2) is 0 Å². The molecule has 0 aromatic carbocycles. The molecule has 0 spiro atoms. The van der Waals surface area contributed by atoms with Gasteiger partial charge in [0.1, 0.15) is 0 Å². The number of nitrogens with one attached hydrogen (secondary N) is 1. The minimum Gasteiger partial charge on any atom is -0.381 e. The monoisotopic (exact) mass is 255 g/mol. The Morgan fingerprint density at radius 3 is 2.67 bits per heavy atom. The van der Waals surface area contributed by atoms with Crippen molar-refractivity contribution in [1.82, 2.24) is 10.2 Å². The van der Waals surface area contributed by atoms with Crippen molar-refractivity contribution in [2.45, 2.75) is 31.7 Å². The molecule has 1 atom stereocenters. The van der Waals surface area contributed by atoms with Gasteiger partial charge in [0.25, 0.3) is 0 Å². The number of nitrogens with two attached hydrogens (primary N) is 1. The third kappa shape index (κ3) is 3.93. The zero-order chi connectivity index (χ0) is 12.8. The van der Waals surface area contributed by atoms with Crippen LogP contribution in [0.15, 0.2) is 0 Å². The number of hydrogen-bond acceptors (Lipinski definition) is 4. The molecule has 2 rings (SSSR count). The van der Waals surface area contributed by atoms with Crippen molar-refractivity contribution in [3.63, 3.8) is 0 Å². The highest BCUT2D eigenvalue weighted by Gasteiger charge is 2.26. The van der Waals surface area contributed by atoms with E-state index in [9.17, 15) is 4.79 Å². The Labute approximate surface area is 109 Å². The van der Waals surface area contributed by atoms with Gasteiger partial charge in [-0.05, 0) is 44.7 Å². The highest BCUT2D eigenvalue weighted by atomic mass is 16.5. The Morgan fingerprint density at radius 2 is 2.00 bits per heavy atom. The Bertz CT molecular complexity index is 261. The van der Waals surface area contributed by atoms with Crippen LogP contribution in [0.2, 0.25) is 0 Å². The fourth-order valence-corrected chi connectivity index (χ4v) is 2.75. The third-order valence-electron chi connectivity index (χ3n) is 4.00. The summed E-state index contributed by atoms with van der Waals surface area (Å²) >= 11 is 0. The molecule has 0 aromatic rings. The van der Waals surface area contributed by atoms with Crippen LogP contribution in [0.4, 0.5) is 0 Å². The van der Waals surface area contributed by atoms with Crippen molar-refractivity contribution < 1.29 is 9.53 Å². The number of ether oxygens (including phenoxy) is 1. The predicted molar refractivity (Wildman–Crippen MR) is 70.2 cm³/mol. The molecule has 3 N–H and O–H groups in total. The van der Waals surface area contributed by atoms with E-state index in [0.717, 1.165) is 39.1 Å². The molecule has 2 aliphatic heterocycles. The zero-order valence-corrected chi connectivity index (χ0v) is 11.1. The van der Waals surface area contributed by atoms with Gasteiger partial charge in [0, 0.05) is 26.3 Å². The first-order valence-corrected chi connectivity index (χ1v) is 7.11. The van der Waals surface area contributed by atoms with Crippen LogP contribution in [0.5, 0.6) is 0 Å². The fourth-order valence-electron chi connectivity index (χ4n) is 2.75. The summed E-state index contributed by atoms with van der Waals surface area (Å²) in [4.78, 5) is 14.3. The minimum absolute atomic E-state index is 0.00102. The number of carbonyl (C=O) groups is 1. The number of nitrogens with zero attached hydrogens (tertiary/aromatic N) is 1. The van der Waals surface area contributed by atoms with E-state index in [1.165, 1.54) is 25.9 Å². The largest absolute Gasteiger partial charge is 0.381 e. The molecule has 1 unspecified atom stereocenters. The number of carbonyl (C=O) groups excluding carboxylic acids is 1. The lowest BCUT2D eigenvalue weighted by atomic mass is 9.92. The van der Waals surface area contributed by atoms with Crippen LogP contribution in [0.3, 0.4) is 0 Å². The summed E-state index contributed by atoms with van der Waals surface area (Å²) in [5, 5.41) is 2.96. The average molecular weight is 255 g/mol. The summed E-state index contributed by atoms with van der Waals surface area (Å²) < 4.78 is 5.28. The lowest BCUT2D eigenvalue weighted by molar-refractivity contribution is -0.124. The summed E-state index contributed by atoms with van der Waals surface area (Å²) in [6, 6.07) is -0.368. The van der Waals surface area contributed by atoms with Gasteiger partial charge in [-0.1, -0.05) is 0 Å². The second-order valence-corrected chi connectivity index (χ2v) is 5.32. The third-order valence-corrected chi connectivity index (χ3v) is 4.00. The van der Waals surface area contributed by atoms with Crippen molar-refractivity contribution >= 4 is 5.91 Å². The fraction of sp³-hybridized carbons (Fsp3) is 0.923. The minimum atomic E-state index is -0.368. The van der Waals surface area contributed by atoms with Crippen LogP contribution in [-0.2, 0) is 9.53 Å². The van der Waals surface area contributed by atoms with Gasteiger partial charge in [-0.15, -0.1) is 0 Å². The zero-order valence-electron chi connectivity index (χ0n) is 11.1. The van der Waals surface area contributed by atoms with E-state index < -0.39 is 0 Å². The van der Waals surface area contributed by atoms with E-state index in [2.05, 4.69) is 10.2 Å². The normalized spacial score (nSPS) is 24.1. The van der Waals surface area contributed by atoms with Gasteiger partial charge in [-0.3, -0.25) is 4.79 Å². The van der Waals surface area contributed by atoms with E-state index in [4.69, 9.17) is 10.5 Å². The molecule has 5 heteroatoms. The number of likely N-dealkylation sites (tertiary alicyclic amines) is 1. The second kappa shape index (κ2) is 7.07. The summed E-state index contributed by atoms with van der Waals surface area (Å²) in [6.45, 7) is 5.48. The molecular formula is C13H25N3O2. The second-order valence-electron chi connectivity index (χ2n) is 5.32. The van der Waals surface area contributed by atoms with Gasteiger partial charge in [-0.2, -0.15) is 0 Å². The number of amides is 1. The summed E-state index contributed by atoms with van der Waals surface area (Å²) in [7, 11) is 0. The van der Waals surface area contributed by atoms with Crippen LogP contribution in [-0.4, -0.2) is 56.2 Å². The van der Waals surface area contributed by atoms with E-state index >= 15 is 0 Å². The quantitative estimate of drug-likeness (QED) is 0.723. The van der Waals surface area contributed by atoms with Gasteiger partial charge in [-0.25, -0.2) is 0 Å². The first-order valence-electron chi connectivity index (χ1n) is 7.11. The number of hydrogen-bond donors (Lipinski definition) is 2. The molecule has 0 aliphatic carbocycles. The van der Waals surface area contributed by atoms with E-state index in [1.54, 1.807) is 0 Å². The van der Waals surface area contributed by atoms with E-state index in [-0.39, 0.29) is 17.9 Å². The van der Waals surface area contributed by atoms with Crippen LogP contribution >= 0.6 is 0 Å². The van der Waals surface area contributed by atoms with Crippen LogP contribution in [0.1, 0.15) is 25.7 Å². The Hall–Kier alpha value is -0.650. The standard InChI is InChI=1S/C13H25N3O2/c14-12(11-3-9-18-10-4-11)13(17)15-5-8-16-6-1-2-7-16/h11-12H,1-10,14H2,(H,15,17). The molecule has 104 valence electrons. The molecule has 0 aromatic heterocycles. The van der Waals surface area contributed by atoms with Gasteiger partial charge in [0.2, 0.25) is 5.91 Å². The smallest absolute Gasteiger partial charge is 0.237 e. The topological polar surface area (TPSA) is 67.6 Å². The maximum atomic E-state index is 11.9. The Balaban J connectivity index is 1.63. The molecule has 1 amide bonds. The maximum absolute atomic E-state index is 11.9. The highest BCUT2D eigenvalue weighted by Crippen LogP contribution is 2.17. The highest BCUT2D eigenvalue weighted by molar-refractivity contribution is 5.81. The van der Waals surface area contributed by atoms with Gasteiger partial charge < -0.3 is 20.7 Å². The molecule has 0 radical (unpaired) electrons. The van der Waals surface area contributed by atoms with Crippen LogP contribution < -0.4 is 11.1 Å². The van der Waals surface area contributed by atoms with Crippen LogP contribution in [0, 0.1) is 5.92 Å². The van der Waals surface area contributed by atoms with E-state index in [0.29, 0.717) is 0 Å². The Kier molecular flexibility index (Phi) is 5.41. The Morgan fingerprint density at radius 1 is 1.33 bits per heavy atom. The molecule has 2 fully saturated rings. The van der Waals surface area contributed by atoms with Crippen molar-refractivity contribution in [3.05, 3.63) is 0 Å². The predicted octanol–water partition coefficient (Wildman–Crippen LogP) is -0.0477. The lowest BCUT2D eigenvalue weighted by Crippen LogP contribution is -2.48. The first-order chi connectivity index (χ1) is 8.77. The number of rotatable bonds is 5. The molecule has 0 bridgehead atoms. The SMILES string of the molecule is NC(C(=O)NCCN1CCCC1)C1CCOCC1. The molecule has 18 heavy (non-hydrogen) atoms. The van der Waals surface area contributed by atoms with Crippen LogP contribution in [0.25, 0.3) is 0 Å². The molecule has 2 heterocycles. The molecule has 5 nitrogen and oxygen atoms in total. The summed E-state index contributed by atoms with van der Waals surface area (Å²) in [5.41, 5.74) is 6.00. The average Bonchev–Trinajstić information content (AvgIpc) is 2.92. The molecular weight excluding hydrogens is 230 g/mol. The van der Waals surface area contributed by atoms with Crippen molar-refractivity contribution in [2.24, 2.45) is 11.7 Å². The lowest BCUT2D eigenvalue weighted by Gasteiger charge is -2.27.